The van der Waals surface area contributed by atoms with Crippen molar-refractivity contribution in [1.82, 2.24) is 4.90 Å². The SMILES string of the molecule is Cc1cc(N(C)CCN(C)C)c(F)c(C(F)(F)F)c1. The molecule has 0 N–H and O–H groups in total. The fourth-order valence-electron chi connectivity index (χ4n) is 1.70. The minimum Gasteiger partial charge on any atom is -0.371 e. The van der Waals surface area contributed by atoms with Gasteiger partial charge in [0, 0.05) is 20.1 Å². The van der Waals surface area contributed by atoms with Crippen molar-refractivity contribution < 1.29 is 17.6 Å². The van der Waals surface area contributed by atoms with Crippen LogP contribution >= 0.6 is 0 Å². The molecule has 1 aromatic rings. The van der Waals surface area contributed by atoms with Crippen molar-refractivity contribution in [3.63, 3.8) is 0 Å². The zero-order chi connectivity index (χ0) is 14.8. The van der Waals surface area contributed by atoms with Crippen LogP contribution in [0, 0.1) is 12.7 Å². The summed E-state index contributed by atoms with van der Waals surface area (Å²) in [6.45, 7) is 2.61. The highest BCUT2D eigenvalue weighted by Crippen LogP contribution is 2.35. The van der Waals surface area contributed by atoms with Crippen LogP contribution in [0.1, 0.15) is 11.1 Å². The number of halogens is 4. The maximum Gasteiger partial charge on any atom is 0.419 e. The maximum atomic E-state index is 13.9. The number of aryl methyl sites for hydroxylation is 1. The molecular weight excluding hydrogens is 260 g/mol. The molecule has 0 bridgehead atoms. The first kappa shape index (κ1) is 15.8. The van der Waals surface area contributed by atoms with Crippen LogP contribution in [0.15, 0.2) is 12.1 Å². The van der Waals surface area contributed by atoms with Gasteiger partial charge in [-0.2, -0.15) is 13.2 Å². The van der Waals surface area contributed by atoms with Crippen LogP contribution in [-0.4, -0.2) is 39.1 Å². The molecule has 0 aliphatic rings. The summed E-state index contributed by atoms with van der Waals surface area (Å²) in [4.78, 5) is 3.38. The fraction of sp³-hybridized carbons (Fsp3) is 0.538. The molecule has 0 saturated heterocycles. The third-order valence-electron chi connectivity index (χ3n) is 2.80. The summed E-state index contributed by atoms with van der Waals surface area (Å²) in [6, 6.07) is 2.26. The Labute approximate surface area is 110 Å². The van der Waals surface area contributed by atoms with Gasteiger partial charge in [0.25, 0.3) is 0 Å². The smallest absolute Gasteiger partial charge is 0.371 e. The van der Waals surface area contributed by atoms with Gasteiger partial charge in [0.2, 0.25) is 0 Å². The quantitative estimate of drug-likeness (QED) is 0.781. The second-order valence-corrected chi connectivity index (χ2v) is 4.87. The van der Waals surface area contributed by atoms with E-state index in [1.165, 1.54) is 17.9 Å². The molecule has 2 nitrogen and oxygen atoms in total. The van der Waals surface area contributed by atoms with Crippen molar-refractivity contribution in [3.8, 4) is 0 Å². The van der Waals surface area contributed by atoms with E-state index in [4.69, 9.17) is 0 Å². The average Bonchev–Trinajstić information content (AvgIpc) is 2.27. The first-order valence-electron chi connectivity index (χ1n) is 5.86. The fourth-order valence-corrected chi connectivity index (χ4v) is 1.70. The Morgan fingerprint density at radius 1 is 1.05 bits per heavy atom. The lowest BCUT2D eigenvalue weighted by molar-refractivity contribution is -0.139. The minimum absolute atomic E-state index is 0.0193. The summed E-state index contributed by atoms with van der Waals surface area (Å²) >= 11 is 0. The third-order valence-corrected chi connectivity index (χ3v) is 2.80. The second-order valence-electron chi connectivity index (χ2n) is 4.87. The molecule has 0 fully saturated rings. The van der Waals surface area contributed by atoms with Crippen LogP contribution in [0.2, 0.25) is 0 Å². The molecule has 6 heteroatoms. The van der Waals surface area contributed by atoms with Gasteiger partial charge in [-0.15, -0.1) is 0 Å². The van der Waals surface area contributed by atoms with Crippen LogP contribution < -0.4 is 4.90 Å². The predicted octanol–water partition coefficient (Wildman–Crippen LogP) is 3.15. The summed E-state index contributed by atoms with van der Waals surface area (Å²) in [7, 11) is 5.28. The Kier molecular flexibility index (Phi) is 4.79. The number of nitrogens with zero attached hydrogens (tertiary/aromatic N) is 2. The summed E-state index contributed by atoms with van der Waals surface area (Å²) in [5, 5.41) is 0. The van der Waals surface area contributed by atoms with Crippen LogP contribution in [-0.2, 0) is 6.18 Å². The lowest BCUT2D eigenvalue weighted by atomic mass is 10.1. The van der Waals surface area contributed by atoms with Gasteiger partial charge >= 0.3 is 6.18 Å². The van der Waals surface area contributed by atoms with E-state index in [1.54, 1.807) is 7.05 Å². The predicted molar refractivity (Wildman–Crippen MR) is 68.0 cm³/mol. The summed E-state index contributed by atoms with van der Waals surface area (Å²) in [6.07, 6.45) is -4.67. The Balaban J connectivity index is 3.11. The van der Waals surface area contributed by atoms with Gasteiger partial charge in [0.05, 0.1) is 11.3 Å². The van der Waals surface area contributed by atoms with Crippen LogP contribution in [0.25, 0.3) is 0 Å². The summed E-state index contributed by atoms with van der Waals surface area (Å²) < 4.78 is 52.1. The van der Waals surface area contributed by atoms with Gasteiger partial charge in [-0.25, -0.2) is 4.39 Å². The first-order valence-corrected chi connectivity index (χ1v) is 5.86. The van der Waals surface area contributed by atoms with E-state index >= 15 is 0 Å². The molecule has 19 heavy (non-hydrogen) atoms. The topological polar surface area (TPSA) is 6.48 Å². The van der Waals surface area contributed by atoms with Crippen molar-refractivity contribution in [3.05, 3.63) is 29.1 Å². The molecule has 0 amide bonds. The van der Waals surface area contributed by atoms with E-state index in [-0.39, 0.29) is 5.69 Å². The number of hydrogen-bond acceptors (Lipinski definition) is 2. The molecule has 108 valence electrons. The molecule has 0 radical (unpaired) electrons. The molecule has 0 spiro atoms. The molecule has 0 aliphatic heterocycles. The zero-order valence-corrected chi connectivity index (χ0v) is 11.5. The number of anilines is 1. The van der Waals surface area contributed by atoms with Gasteiger partial charge in [0.15, 0.2) is 5.82 Å². The molecule has 1 aromatic carbocycles. The Hall–Kier alpha value is -1.30. The highest BCUT2D eigenvalue weighted by atomic mass is 19.4. The number of hydrogen-bond donors (Lipinski definition) is 0. The van der Waals surface area contributed by atoms with E-state index in [9.17, 15) is 17.6 Å². The Morgan fingerprint density at radius 3 is 2.11 bits per heavy atom. The standard InChI is InChI=1S/C13H18F4N2/c1-9-7-10(13(15,16)17)12(14)11(8-9)19(4)6-5-18(2)3/h7-8H,5-6H2,1-4H3. The minimum atomic E-state index is -4.67. The van der Waals surface area contributed by atoms with E-state index in [0.29, 0.717) is 18.7 Å². The largest absolute Gasteiger partial charge is 0.419 e. The van der Waals surface area contributed by atoms with Gasteiger partial charge in [-0.05, 0) is 38.7 Å². The van der Waals surface area contributed by atoms with E-state index in [2.05, 4.69) is 0 Å². The average molecular weight is 278 g/mol. The van der Waals surface area contributed by atoms with Crippen molar-refractivity contribution >= 4 is 5.69 Å². The molecule has 1 rings (SSSR count). The number of rotatable bonds is 4. The molecule has 0 atom stereocenters. The summed E-state index contributed by atoms with van der Waals surface area (Å²) in [5.41, 5.74) is -0.839. The highest BCUT2D eigenvalue weighted by molar-refractivity contribution is 5.53. The lowest BCUT2D eigenvalue weighted by Crippen LogP contribution is -2.29. The number of likely N-dealkylation sites (N-methyl/N-ethyl adjacent to an activating group) is 2. The first-order chi connectivity index (χ1) is 8.62. The number of benzene rings is 1. The number of alkyl halides is 3. The van der Waals surface area contributed by atoms with Crippen LogP contribution in [0.4, 0.5) is 23.2 Å². The summed E-state index contributed by atoms with van der Waals surface area (Å²) in [5.74, 6) is -1.21. The van der Waals surface area contributed by atoms with E-state index < -0.39 is 17.6 Å². The van der Waals surface area contributed by atoms with Crippen molar-refractivity contribution in [1.29, 1.82) is 0 Å². The van der Waals surface area contributed by atoms with Crippen molar-refractivity contribution in [2.45, 2.75) is 13.1 Å². The van der Waals surface area contributed by atoms with Gasteiger partial charge in [0.1, 0.15) is 0 Å². The van der Waals surface area contributed by atoms with Crippen LogP contribution in [0.3, 0.4) is 0 Å². The zero-order valence-electron chi connectivity index (χ0n) is 11.5. The Morgan fingerprint density at radius 2 is 1.63 bits per heavy atom. The van der Waals surface area contributed by atoms with E-state index in [0.717, 1.165) is 6.07 Å². The molecule has 0 aliphatic carbocycles. The Bertz CT molecular complexity index is 441. The molecule has 0 saturated carbocycles. The van der Waals surface area contributed by atoms with Crippen LogP contribution in [0.5, 0.6) is 0 Å². The molecule has 0 heterocycles. The molecule has 0 aromatic heterocycles. The van der Waals surface area contributed by atoms with Gasteiger partial charge in [-0.1, -0.05) is 0 Å². The van der Waals surface area contributed by atoms with Crippen molar-refractivity contribution in [2.24, 2.45) is 0 Å². The van der Waals surface area contributed by atoms with Gasteiger partial charge in [-0.3, -0.25) is 0 Å². The monoisotopic (exact) mass is 278 g/mol. The normalized spacial score (nSPS) is 12.1. The maximum absolute atomic E-state index is 13.9. The second kappa shape index (κ2) is 5.77. The molecule has 0 unspecified atom stereocenters. The van der Waals surface area contributed by atoms with Gasteiger partial charge < -0.3 is 9.80 Å². The highest BCUT2D eigenvalue weighted by Gasteiger charge is 2.35. The third kappa shape index (κ3) is 4.09. The van der Waals surface area contributed by atoms with E-state index in [1.807, 2.05) is 19.0 Å². The van der Waals surface area contributed by atoms with Crippen molar-refractivity contribution in [2.75, 3.05) is 39.1 Å². The lowest BCUT2D eigenvalue weighted by Gasteiger charge is -2.24. The molecular formula is C13H18F4N2.